The molecule has 19 heavy (non-hydrogen) atoms. The highest BCUT2D eigenvalue weighted by Gasteiger charge is 2.05. The van der Waals surface area contributed by atoms with Crippen molar-refractivity contribution in [1.82, 2.24) is 5.32 Å². The Morgan fingerprint density at radius 3 is 2.79 bits per heavy atom. The Balaban J connectivity index is 2.31. The van der Waals surface area contributed by atoms with E-state index >= 15 is 0 Å². The van der Waals surface area contributed by atoms with E-state index in [1.807, 2.05) is 19.1 Å². The second-order valence-corrected chi connectivity index (χ2v) is 4.69. The van der Waals surface area contributed by atoms with Gasteiger partial charge in [0, 0.05) is 19.3 Å². The number of nitrogens with one attached hydrogen (secondary N) is 1. The molecule has 0 amide bonds. The molecule has 0 saturated carbocycles. The normalized spacial score (nSPS) is 12.4. The van der Waals surface area contributed by atoms with Crippen LogP contribution >= 0.6 is 0 Å². The van der Waals surface area contributed by atoms with Gasteiger partial charge < -0.3 is 20.5 Å². The second kappa shape index (κ2) is 8.77. The molecule has 0 heterocycles. The average molecular weight is 266 g/mol. The van der Waals surface area contributed by atoms with E-state index in [4.69, 9.17) is 15.2 Å². The summed E-state index contributed by atoms with van der Waals surface area (Å²) >= 11 is 0. The summed E-state index contributed by atoms with van der Waals surface area (Å²) in [6.45, 7) is 6.80. The van der Waals surface area contributed by atoms with Crippen LogP contribution < -0.4 is 15.8 Å². The Kier molecular flexibility index (Phi) is 7.30. The fourth-order valence-electron chi connectivity index (χ4n) is 2.00. The standard InChI is InChI=1S/C15H26N2O2/c1-4-19-9-5-8-17-12(2)10-13-6-7-15(18-3)14(16)11-13/h6-7,11-12,17H,4-5,8-10,16H2,1-3H3. The summed E-state index contributed by atoms with van der Waals surface area (Å²) in [7, 11) is 1.63. The van der Waals surface area contributed by atoms with Gasteiger partial charge in [-0.15, -0.1) is 0 Å². The number of methoxy groups -OCH3 is 1. The van der Waals surface area contributed by atoms with Gasteiger partial charge in [-0.1, -0.05) is 6.07 Å². The average Bonchev–Trinajstić information content (AvgIpc) is 2.39. The third-order valence-corrected chi connectivity index (χ3v) is 3.00. The first-order valence-electron chi connectivity index (χ1n) is 6.90. The van der Waals surface area contributed by atoms with Crippen molar-refractivity contribution in [3.8, 4) is 5.75 Å². The number of hydrogen-bond donors (Lipinski definition) is 2. The summed E-state index contributed by atoms with van der Waals surface area (Å²) in [5.41, 5.74) is 7.82. The molecule has 4 heteroatoms. The van der Waals surface area contributed by atoms with Crippen molar-refractivity contribution in [2.45, 2.75) is 32.7 Å². The molecule has 0 bridgehead atoms. The van der Waals surface area contributed by atoms with Gasteiger partial charge in [0.2, 0.25) is 0 Å². The Hall–Kier alpha value is -1.26. The van der Waals surface area contributed by atoms with Gasteiger partial charge in [-0.05, 0) is 50.9 Å². The number of nitrogens with two attached hydrogens (primary N) is 1. The Labute approximate surface area is 116 Å². The highest BCUT2D eigenvalue weighted by Crippen LogP contribution is 2.22. The molecule has 1 unspecified atom stereocenters. The first kappa shape index (κ1) is 15.8. The predicted molar refractivity (Wildman–Crippen MR) is 79.7 cm³/mol. The topological polar surface area (TPSA) is 56.5 Å². The molecule has 0 aromatic heterocycles. The number of rotatable bonds is 9. The lowest BCUT2D eigenvalue weighted by Gasteiger charge is -2.15. The number of ether oxygens (including phenoxy) is 2. The minimum atomic E-state index is 0.425. The number of nitrogen functional groups attached to an aromatic ring is 1. The minimum absolute atomic E-state index is 0.425. The quantitative estimate of drug-likeness (QED) is 0.531. The molecule has 1 atom stereocenters. The van der Waals surface area contributed by atoms with Crippen LogP contribution in [-0.4, -0.2) is 32.9 Å². The lowest BCUT2D eigenvalue weighted by molar-refractivity contribution is 0.144. The summed E-state index contributed by atoms with van der Waals surface area (Å²) in [5, 5.41) is 3.49. The van der Waals surface area contributed by atoms with Crippen LogP contribution in [0.3, 0.4) is 0 Å². The zero-order valence-corrected chi connectivity index (χ0v) is 12.2. The molecule has 0 aliphatic rings. The van der Waals surface area contributed by atoms with E-state index in [1.165, 1.54) is 5.56 Å². The molecule has 1 aromatic rings. The molecule has 0 aliphatic heterocycles. The first-order chi connectivity index (χ1) is 9.17. The van der Waals surface area contributed by atoms with Crippen molar-refractivity contribution < 1.29 is 9.47 Å². The number of hydrogen-bond acceptors (Lipinski definition) is 4. The Morgan fingerprint density at radius 2 is 2.16 bits per heavy atom. The van der Waals surface area contributed by atoms with Gasteiger partial charge in [-0.3, -0.25) is 0 Å². The van der Waals surface area contributed by atoms with Gasteiger partial charge in [0.05, 0.1) is 12.8 Å². The van der Waals surface area contributed by atoms with Crippen molar-refractivity contribution in [3.63, 3.8) is 0 Å². The molecule has 0 radical (unpaired) electrons. The van der Waals surface area contributed by atoms with Crippen LogP contribution in [0.1, 0.15) is 25.8 Å². The van der Waals surface area contributed by atoms with Crippen LogP contribution in [0.2, 0.25) is 0 Å². The van der Waals surface area contributed by atoms with Gasteiger partial charge in [0.1, 0.15) is 5.75 Å². The van der Waals surface area contributed by atoms with E-state index in [9.17, 15) is 0 Å². The Morgan fingerprint density at radius 1 is 1.37 bits per heavy atom. The van der Waals surface area contributed by atoms with Crippen molar-refractivity contribution in [3.05, 3.63) is 23.8 Å². The maximum atomic E-state index is 5.90. The number of anilines is 1. The molecule has 0 aliphatic carbocycles. The van der Waals surface area contributed by atoms with E-state index in [1.54, 1.807) is 7.11 Å². The third-order valence-electron chi connectivity index (χ3n) is 3.00. The SMILES string of the molecule is CCOCCCNC(C)Cc1ccc(OC)c(N)c1. The van der Waals surface area contributed by atoms with Crippen molar-refractivity contribution in [2.24, 2.45) is 0 Å². The molecule has 1 aromatic carbocycles. The van der Waals surface area contributed by atoms with E-state index in [0.29, 0.717) is 11.7 Å². The second-order valence-electron chi connectivity index (χ2n) is 4.69. The van der Waals surface area contributed by atoms with Crippen molar-refractivity contribution >= 4 is 5.69 Å². The van der Waals surface area contributed by atoms with Crippen LogP contribution in [0, 0.1) is 0 Å². The molecule has 3 N–H and O–H groups in total. The fraction of sp³-hybridized carbons (Fsp3) is 0.600. The molecule has 4 nitrogen and oxygen atoms in total. The number of benzene rings is 1. The molecule has 1 rings (SSSR count). The van der Waals surface area contributed by atoms with Gasteiger partial charge in [-0.25, -0.2) is 0 Å². The highest BCUT2D eigenvalue weighted by molar-refractivity contribution is 5.54. The summed E-state index contributed by atoms with van der Waals surface area (Å²) in [4.78, 5) is 0. The molecule has 0 spiro atoms. The maximum Gasteiger partial charge on any atom is 0.141 e. The lowest BCUT2D eigenvalue weighted by atomic mass is 10.1. The monoisotopic (exact) mass is 266 g/mol. The van der Waals surface area contributed by atoms with Crippen LogP contribution in [0.15, 0.2) is 18.2 Å². The van der Waals surface area contributed by atoms with Gasteiger partial charge in [0.15, 0.2) is 0 Å². The molecule has 108 valence electrons. The van der Waals surface area contributed by atoms with Crippen LogP contribution in [0.4, 0.5) is 5.69 Å². The fourth-order valence-corrected chi connectivity index (χ4v) is 2.00. The largest absolute Gasteiger partial charge is 0.495 e. The predicted octanol–water partition coefficient (Wildman–Crippen LogP) is 2.22. The van der Waals surface area contributed by atoms with Crippen LogP contribution in [0.25, 0.3) is 0 Å². The summed E-state index contributed by atoms with van der Waals surface area (Å²) in [5.74, 6) is 0.737. The summed E-state index contributed by atoms with van der Waals surface area (Å²) in [6.07, 6.45) is 2.01. The first-order valence-corrected chi connectivity index (χ1v) is 6.90. The smallest absolute Gasteiger partial charge is 0.141 e. The molecule has 0 fully saturated rings. The maximum absolute atomic E-state index is 5.90. The minimum Gasteiger partial charge on any atom is -0.495 e. The van der Waals surface area contributed by atoms with Gasteiger partial charge in [-0.2, -0.15) is 0 Å². The van der Waals surface area contributed by atoms with E-state index in [2.05, 4.69) is 18.3 Å². The third kappa shape index (κ3) is 5.94. The van der Waals surface area contributed by atoms with E-state index < -0.39 is 0 Å². The van der Waals surface area contributed by atoms with Crippen LogP contribution in [0.5, 0.6) is 5.75 Å². The molecular formula is C15H26N2O2. The van der Waals surface area contributed by atoms with Crippen molar-refractivity contribution in [1.29, 1.82) is 0 Å². The summed E-state index contributed by atoms with van der Waals surface area (Å²) < 4.78 is 10.5. The Bertz CT molecular complexity index is 369. The van der Waals surface area contributed by atoms with Gasteiger partial charge >= 0.3 is 0 Å². The zero-order valence-electron chi connectivity index (χ0n) is 12.2. The highest BCUT2D eigenvalue weighted by atomic mass is 16.5. The molecular weight excluding hydrogens is 240 g/mol. The van der Waals surface area contributed by atoms with Gasteiger partial charge in [0.25, 0.3) is 0 Å². The van der Waals surface area contributed by atoms with E-state index in [0.717, 1.165) is 38.3 Å². The zero-order chi connectivity index (χ0) is 14.1. The summed E-state index contributed by atoms with van der Waals surface area (Å²) in [6, 6.07) is 6.39. The lowest BCUT2D eigenvalue weighted by Crippen LogP contribution is -2.29. The van der Waals surface area contributed by atoms with Crippen LogP contribution in [-0.2, 0) is 11.2 Å². The van der Waals surface area contributed by atoms with E-state index in [-0.39, 0.29) is 0 Å². The van der Waals surface area contributed by atoms with Crippen molar-refractivity contribution in [2.75, 3.05) is 32.6 Å². The molecule has 0 saturated heterocycles.